The minimum atomic E-state index is 0.147. The topological polar surface area (TPSA) is 23.5 Å². The first kappa shape index (κ1) is 13.6. The van der Waals surface area contributed by atoms with E-state index in [2.05, 4.69) is 31.0 Å². The molecule has 0 amide bonds. The molecule has 0 heterocycles. The average molecular weight is 247 g/mol. The molecule has 1 aliphatic carbocycles. The molecular weight excluding hydrogens is 222 g/mol. The van der Waals surface area contributed by atoms with Crippen LogP contribution in [0.5, 0.6) is 0 Å². The number of benzene rings is 1. The summed E-state index contributed by atoms with van der Waals surface area (Å²) in [6.45, 7) is 3.58. The summed E-state index contributed by atoms with van der Waals surface area (Å²) in [7, 11) is 2.13. The van der Waals surface area contributed by atoms with E-state index in [4.69, 9.17) is 0 Å². The number of aliphatic hydroxyl groups excluding tert-OH is 1. The van der Waals surface area contributed by atoms with E-state index in [1.54, 1.807) is 0 Å². The summed E-state index contributed by atoms with van der Waals surface area (Å²) in [6.07, 6.45) is 4.05. The molecule has 0 spiro atoms. The van der Waals surface area contributed by atoms with Gasteiger partial charge in [-0.25, -0.2) is 0 Å². The Hall–Kier alpha value is -0.860. The molecule has 0 aromatic heterocycles. The van der Waals surface area contributed by atoms with Crippen LogP contribution < -0.4 is 0 Å². The van der Waals surface area contributed by atoms with Gasteiger partial charge < -0.3 is 5.11 Å². The molecule has 2 nitrogen and oxygen atoms in total. The molecule has 1 aromatic carbocycles. The minimum absolute atomic E-state index is 0.147. The van der Waals surface area contributed by atoms with Crippen LogP contribution in [0.1, 0.15) is 37.8 Å². The van der Waals surface area contributed by atoms with Crippen LogP contribution in [0.15, 0.2) is 30.3 Å². The van der Waals surface area contributed by atoms with Crippen molar-refractivity contribution >= 4 is 0 Å². The van der Waals surface area contributed by atoms with Crippen LogP contribution in [0.3, 0.4) is 0 Å². The predicted molar refractivity (Wildman–Crippen MR) is 75.4 cm³/mol. The van der Waals surface area contributed by atoms with Crippen LogP contribution in [0.2, 0.25) is 0 Å². The second-order valence-corrected chi connectivity index (χ2v) is 5.59. The largest absolute Gasteiger partial charge is 0.394 e. The lowest BCUT2D eigenvalue weighted by molar-refractivity contribution is 0.142. The fourth-order valence-corrected chi connectivity index (χ4v) is 2.93. The number of rotatable bonds is 7. The molecule has 0 aliphatic heterocycles. The zero-order valence-corrected chi connectivity index (χ0v) is 11.5. The lowest BCUT2D eigenvalue weighted by Gasteiger charge is -2.27. The van der Waals surface area contributed by atoms with Crippen molar-refractivity contribution in [2.45, 2.75) is 32.2 Å². The third-order valence-electron chi connectivity index (χ3n) is 4.14. The van der Waals surface area contributed by atoms with Gasteiger partial charge in [0.1, 0.15) is 0 Å². The van der Waals surface area contributed by atoms with Gasteiger partial charge in [0.15, 0.2) is 0 Å². The van der Waals surface area contributed by atoms with E-state index in [1.807, 2.05) is 18.2 Å². The van der Waals surface area contributed by atoms with Crippen molar-refractivity contribution < 1.29 is 5.11 Å². The summed E-state index contributed by atoms with van der Waals surface area (Å²) in [5, 5.41) is 9.61. The maximum absolute atomic E-state index is 9.61. The first-order valence-corrected chi connectivity index (χ1v) is 7.12. The van der Waals surface area contributed by atoms with E-state index in [9.17, 15) is 5.11 Å². The van der Waals surface area contributed by atoms with Crippen molar-refractivity contribution in [3.63, 3.8) is 0 Å². The SMILES string of the molecule is CCC[C@@H]1C[C@@H]1CN(C)[C@H](CO)c1ccccc1. The van der Waals surface area contributed by atoms with E-state index < -0.39 is 0 Å². The molecule has 0 radical (unpaired) electrons. The van der Waals surface area contributed by atoms with Gasteiger partial charge in [-0.05, 0) is 30.9 Å². The molecule has 0 unspecified atom stereocenters. The molecule has 1 aromatic rings. The van der Waals surface area contributed by atoms with Gasteiger partial charge in [-0.1, -0.05) is 50.1 Å². The Kier molecular flexibility index (Phi) is 4.79. The van der Waals surface area contributed by atoms with Crippen molar-refractivity contribution in [2.75, 3.05) is 20.2 Å². The van der Waals surface area contributed by atoms with E-state index >= 15 is 0 Å². The Labute approximate surface area is 111 Å². The molecular formula is C16H25NO. The molecule has 2 heteroatoms. The van der Waals surface area contributed by atoms with Crippen molar-refractivity contribution in [2.24, 2.45) is 11.8 Å². The van der Waals surface area contributed by atoms with Crippen molar-refractivity contribution in [3.8, 4) is 0 Å². The first-order chi connectivity index (χ1) is 8.76. The number of aliphatic hydroxyl groups is 1. The second-order valence-electron chi connectivity index (χ2n) is 5.59. The number of nitrogens with zero attached hydrogens (tertiary/aromatic N) is 1. The maximum atomic E-state index is 9.61. The molecule has 1 saturated carbocycles. The van der Waals surface area contributed by atoms with Gasteiger partial charge in [0.2, 0.25) is 0 Å². The predicted octanol–water partition coefficient (Wildman–Crippen LogP) is 3.09. The lowest BCUT2D eigenvalue weighted by Crippen LogP contribution is -2.29. The van der Waals surface area contributed by atoms with Crippen molar-refractivity contribution in [1.29, 1.82) is 0 Å². The standard InChI is InChI=1S/C16H25NO/c1-3-7-14-10-15(14)11-17(2)16(12-18)13-8-5-4-6-9-13/h4-6,8-9,14-16,18H,3,7,10-12H2,1-2H3/t14-,15-,16-/m1/s1. The fourth-order valence-electron chi connectivity index (χ4n) is 2.93. The number of hydrogen-bond donors (Lipinski definition) is 1. The molecule has 0 bridgehead atoms. The zero-order valence-electron chi connectivity index (χ0n) is 11.5. The van der Waals surface area contributed by atoms with Gasteiger partial charge >= 0.3 is 0 Å². The summed E-state index contributed by atoms with van der Waals surface area (Å²) in [6, 6.07) is 10.5. The highest BCUT2D eigenvalue weighted by Crippen LogP contribution is 2.43. The lowest BCUT2D eigenvalue weighted by atomic mass is 10.1. The third kappa shape index (κ3) is 3.33. The molecule has 18 heavy (non-hydrogen) atoms. The van der Waals surface area contributed by atoms with E-state index in [-0.39, 0.29) is 12.6 Å². The first-order valence-electron chi connectivity index (χ1n) is 7.12. The maximum Gasteiger partial charge on any atom is 0.0628 e. The highest BCUT2D eigenvalue weighted by Gasteiger charge is 2.37. The van der Waals surface area contributed by atoms with Crippen LogP contribution >= 0.6 is 0 Å². The summed E-state index contributed by atoms with van der Waals surface area (Å²) in [5.74, 6) is 1.79. The Balaban J connectivity index is 1.89. The van der Waals surface area contributed by atoms with Gasteiger partial charge in [0, 0.05) is 6.54 Å². The van der Waals surface area contributed by atoms with Crippen LogP contribution in [0.25, 0.3) is 0 Å². The second kappa shape index (κ2) is 6.35. The van der Waals surface area contributed by atoms with Crippen molar-refractivity contribution in [3.05, 3.63) is 35.9 Å². The highest BCUT2D eigenvalue weighted by atomic mass is 16.3. The molecule has 1 aliphatic rings. The van der Waals surface area contributed by atoms with Gasteiger partial charge in [0.25, 0.3) is 0 Å². The zero-order chi connectivity index (χ0) is 13.0. The van der Waals surface area contributed by atoms with Gasteiger partial charge in [-0.15, -0.1) is 0 Å². The monoisotopic (exact) mass is 247 g/mol. The fraction of sp³-hybridized carbons (Fsp3) is 0.625. The summed E-state index contributed by atoms with van der Waals surface area (Å²) < 4.78 is 0. The van der Waals surface area contributed by atoms with E-state index in [0.29, 0.717) is 0 Å². The van der Waals surface area contributed by atoms with Crippen LogP contribution in [-0.2, 0) is 0 Å². The molecule has 3 atom stereocenters. The number of likely N-dealkylation sites (N-methyl/N-ethyl adjacent to an activating group) is 1. The van der Waals surface area contributed by atoms with Crippen LogP contribution in [-0.4, -0.2) is 30.2 Å². The molecule has 100 valence electrons. The van der Waals surface area contributed by atoms with Crippen molar-refractivity contribution in [1.82, 2.24) is 4.90 Å². The van der Waals surface area contributed by atoms with Gasteiger partial charge in [0.05, 0.1) is 12.6 Å². The Morgan fingerprint density at radius 3 is 2.61 bits per heavy atom. The molecule has 0 saturated heterocycles. The Morgan fingerprint density at radius 2 is 2.00 bits per heavy atom. The molecule has 1 fully saturated rings. The Bertz CT molecular complexity index is 351. The van der Waals surface area contributed by atoms with E-state index in [0.717, 1.165) is 18.4 Å². The summed E-state index contributed by atoms with van der Waals surface area (Å²) >= 11 is 0. The normalized spacial score (nSPS) is 24.2. The summed E-state index contributed by atoms with van der Waals surface area (Å²) in [4.78, 5) is 2.32. The van der Waals surface area contributed by atoms with Gasteiger partial charge in [-0.2, -0.15) is 0 Å². The highest BCUT2D eigenvalue weighted by molar-refractivity contribution is 5.19. The quantitative estimate of drug-likeness (QED) is 0.800. The Morgan fingerprint density at radius 1 is 1.28 bits per heavy atom. The molecule has 1 N–H and O–H groups in total. The molecule has 2 rings (SSSR count). The van der Waals surface area contributed by atoms with Gasteiger partial charge in [-0.3, -0.25) is 4.90 Å². The van der Waals surface area contributed by atoms with E-state index in [1.165, 1.54) is 24.8 Å². The third-order valence-corrected chi connectivity index (χ3v) is 4.14. The summed E-state index contributed by atoms with van der Waals surface area (Å²) in [5.41, 5.74) is 1.22. The number of hydrogen-bond acceptors (Lipinski definition) is 2. The van der Waals surface area contributed by atoms with Crippen LogP contribution in [0.4, 0.5) is 0 Å². The minimum Gasteiger partial charge on any atom is -0.394 e. The smallest absolute Gasteiger partial charge is 0.0628 e. The van der Waals surface area contributed by atoms with Crippen LogP contribution in [0, 0.1) is 11.8 Å². The average Bonchev–Trinajstić information content (AvgIpc) is 3.10.